The molecule has 0 amide bonds. The number of carbonyl (C=O) groups excluding carboxylic acids is 1. The van der Waals surface area contributed by atoms with Crippen molar-refractivity contribution in [3.8, 4) is 11.4 Å². The molecule has 0 radical (unpaired) electrons. The molecule has 1 aromatic heterocycles. The summed E-state index contributed by atoms with van der Waals surface area (Å²) < 4.78 is 2.05. The predicted molar refractivity (Wildman–Crippen MR) is 122 cm³/mol. The summed E-state index contributed by atoms with van der Waals surface area (Å²) in [7, 11) is 0. The number of aromatic nitrogens is 3. The van der Waals surface area contributed by atoms with Crippen molar-refractivity contribution in [3.05, 3.63) is 101 Å². The van der Waals surface area contributed by atoms with Gasteiger partial charge in [0, 0.05) is 16.1 Å². The first-order chi connectivity index (χ1) is 14.6. The molecule has 0 N–H and O–H groups in total. The monoisotopic (exact) mass is 433 g/mol. The Labute approximate surface area is 184 Å². The maximum Gasteiger partial charge on any atom is 0.192 e. The van der Waals surface area contributed by atoms with Crippen LogP contribution in [0.4, 0.5) is 0 Å². The highest BCUT2D eigenvalue weighted by atomic mass is 35.5. The van der Waals surface area contributed by atoms with Gasteiger partial charge in [-0.1, -0.05) is 84.0 Å². The van der Waals surface area contributed by atoms with Crippen LogP contribution in [0.3, 0.4) is 0 Å². The molecule has 0 spiro atoms. The number of benzene rings is 3. The van der Waals surface area contributed by atoms with Crippen LogP contribution < -0.4 is 0 Å². The Hall–Kier alpha value is -2.89. The normalized spacial score (nSPS) is 11.9. The van der Waals surface area contributed by atoms with Gasteiger partial charge in [0.25, 0.3) is 0 Å². The molecule has 0 saturated carbocycles. The van der Waals surface area contributed by atoms with Crippen LogP contribution in [0.15, 0.2) is 90.1 Å². The molecule has 0 aliphatic heterocycles. The minimum absolute atomic E-state index is 0.0721. The van der Waals surface area contributed by atoms with Crippen molar-refractivity contribution < 1.29 is 4.79 Å². The average Bonchev–Trinajstić information content (AvgIpc) is 3.17. The summed E-state index contributed by atoms with van der Waals surface area (Å²) in [5, 5.41) is 9.94. The lowest BCUT2D eigenvalue weighted by Gasteiger charge is -2.13. The van der Waals surface area contributed by atoms with Crippen LogP contribution in [0.1, 0.15) is 22.8 Å². The van der Waals surface area contributed by atoms with Crippen molar-refractivity contribution in [2.24, 2.45) is 0 Å². The third kappa shape index (κ3) is 4.64. The number of thioether (sulfide) groups is 1. The zero-order valence-electron chi connectivity index (χ0n) is 16.4. The third-order valence-corrected chi connectivity index (χ3v) is 6.04. The smallest absolute Gasteiger partial charge is 0.192 e. The summed E-state index contributed by atoms with van der Waals surface area (Å²) in [6, 6.07) is 27.0. The Balaban J connectivity index is 1.66. The summed E-state index contributed by atoms with van der Waals surface area (Å²) >= 11 is 7.48. The summed E-state index contributed by atoms with van der Waals surface area (Å²) in [4.78, 5) is 12.8. The van der Waals surface area contributed by atoms with E-state index in [-0.39, 0.29) is 11.0 Å². The maximum atomic E-state index is 12.8. The van der Waals surface area contributed by atoms with Gasteiger partial charge in [-0.2, -0.15) is 0 Å². The Kier molecular flexibility index (Phi) is 6.31. The molecule has 0 aliphatic carbocycles. The van der Waals surface area contributed by atoms with Crippen LogP contribution in [-0.4, -0.2) is 25.8 Å². The van der Waals surface area contributed by atoms with Crippen molar-refractivity contribution in [3.63, 3.8) is 0 Å². The van der Waals surface area contributed by atoms with Gasteiger partial charge < -0.3 is 0 Å². The molecule has 4 rings (SSSR count). The first-order valence-corrected chi connectivity index (χ1v) is 10.9. The number of carbonyl (C=O) groups is 1. The Morgan fingerprint density at radius 1 is 0.933 bits per heavy atom. The fraction of sp³-hybridized carbons (Fsp3) is 0.125. The summed E-state index contributed by atoms with van der Waals surface area (Å²) in [6.45, 7) is 2.52. The average molecular weight is 434 g/mol. The maximum absolute atomic E-state index is 12.8. The molecule has 150 valence electrons. The highest BCUT2D eigenvalue weighted by Gasteiger charge is 2.22. The minimum Gasteiger partial charge on any atom is -0.298 e. The molecule has 1 atom stereocenters. The first kappa shape index (κ1) is 20.4. The van der Waals surface area contributed by atoms with E-state index >= 15 is 0 Å². The number of Topliss-reactive ketones (excluding diaryl/α,β-unsaturated/α-hetero) is 1. The summed E-state index contributed by atoms with van der Waals surface area (Å²) in [5.41, 5.74) is 2.76. The molecule has 0 fully saturated rings. The van der Waals surface area contributed by atoms with Crippen LogP contribution in [0.25, 0.3) is 11.4 Å². The van der Waals surface area contributed by atoms with Crippen molar-refractivity contribution in [1.82, 2.24) is 14.8 Å². The second-order valence-electron chi connectivity index (χ2n) is 6.88. The second kappa shape index (κ2) is 9.28. The fourth-order valence-corrected chi connectivity index (χ4v) is 4.20. The van der Waals surface area contributed by atoms with Gasteiger partial charge >= 0.3 is 0 Å². The molecular weight excluding hydrogens is 414 g/mol. The van der Waals surface area contributed by atoms with Crippen LogP contribution in [0.2, 0.25) is 5.02 Å². The van der Waals surface area contributed by atoms with E-state index in [0.29, 0.717) is 22.3 Å². The number of rotatable bonds is 7. The van der Waals surface area contributed by atoms with Crippen molar-refractivity contribution >= 4 is 29.1 Å². The van der Waals surface area contributed by atoms with Crippen LogP contribution >= 0.6 is 23.4 Å². The molecule has 0 bridgehead atoms. The van der Waals surface area contributed by atoms with Crippen molar-refractivity contribution in [2.45, 2.75) is 23.9 Å². The molecule has 4 aromatic rings. The number of nitrogens with zero attached hydrogens (tertiary/aromatic N) is 3. The highest BCUT2D eigenvalue weighted by molar-refractivity contribution is 8.00. The van der Waals surface area contributed by atoms with Crippen LogP contribution in [0, 0.1) is 0 Å². The zero-order valence-corrected chi connectivity index (χ0v) is 18.0. The van der Waals surface area contributed by atoms with Crippen LogP contribution in [0.5, 0.6) is 0 Å². The SMILES string of the molecule is CC(Sc1nnc(-c2ccc(Cl)cc2)n1Cc1ccccc1)C(=O)c1ccccc1. The summed E-state index contributed by atoms with van der Waals surface area (Å²) in [5.74, 6) is 0.820. The molecular formula is C24H20ClN3OS. The standard InChI is InChI=1S/C24H20ClN3OS/c1-17(22(29)19-10-6-3-7-11-19)30-24-27-26-23(20-12-14-21(25)15-13-20)28(24)16-18-8-4-2-5-9-18/h2-15,17H,16H2,1H3. The first-order valence-electron chi connectivity index (χ1n) is 9.61. The minimum atomic E-state index is -0.288. The van der Waals surface area contributed by atoms with Gasteiger partial charge in [-0.3, -0.25) is 9.36 Å². The van der Waals surface area contributed by atoms with E-state index < -0.39 is 0 Å². The lowest BCUT2D eigenvalue weighted by Crippen LogP contribution is -2.15. The van der Waals surface area contributed by atoms with Gasteiger partial charge in [0.05, 0.1) is 11.8 Å². The quantitative estimate of drug-likeness (QED) is 0.264. The van der Waals surface area contributed by atoms with E-state index in [1.54, 1.807) is 0 Å². The van der Waals surface area contributed by atoms with Gasteiger partial charge in [0.1, 0.15) is 0 Å². The second-order valence-corrected chi connectivity index (χ2v) is 8.62. The van der Waals surface area contributed by atoms with E-state index in [9.17, 15) is 4.79 Å². The summed E-state index contributed by atoms with van der Waals surface area (Å²) in [6.07, 6.45) is 0. The van der Waals surface area contributed by atoms with Gasteiger partial charge in [-0.15, -0.1) is 10.2 Å². The molecule has 0 aliphatic rings. The Morgan fingerprint density at radius 3 is 2.23 bits per heavy atom. The predicted octanol–water partition coefficient (Wildman–Crippen LogP) is 6.01. The van der Waals surface area contributed by atoms with Crippen LogP contribution in [-0.2, 0) is 6.54 Å². The number of hydrogen-bond donors (Lipinski definition) is 0. The Bertz CT molecular complexity index is 1130. The molecule has 3 aromatic carbocycles. The molecule has 0 saturated heterocycles. The zero-order chi connectivity index (χ0) is 20.9. The van der Waals surface area contributed by atoms with E-state index in [4.69, 9.17) is 11.6 Å². The molecule has 30 heavy (non-hydrogen) atoms. The Morgan fingerprint density at radius 2 is 1.57 bits per heavy atom. The lowest BCUT2D eigenvalue weighted by atomic mass is 10.1. The van der Waals surface area contributed by atoms with Gasteiger partial charge in [0.15, 0.2) is 16.8 Å². The number of halogens is 1. The highest BCUT2D eigenvalue weighted by Crippen LogP contribution is 2.29. The molecule has 1 heterocycles. The molecule has 6 heteroatoms. The lowest BCUT2D eigenvalue weighted by molar-refractivity contribution is 0.0994. The molecule has 1 unspecified atom stereocenters. The topological polar surface area (TPSA) is 47.8 Å². The number of ketones is 1. The van der Waals surface area contributed by atoms with Crippen molar-refractivity contribution in [1.29, 1.82) is 0 Å². The molecule has 4 nitrogen and oxygen atoms in total. The third-order valence-electron chi connectivity index (χ3n) is 4.71. The van der Waals surface area contributed by atoms with Crippen molar-refractivity contribution in [2.75, 3.05) is 0 Å². The van der Waals surface area contributed by atoms with E-state index in [0.717, 1.165) is 17.0 Å². The van der Waals surface area contributed by atoms with Gasteiger partial charge in [-0.25, -0.2) is 0 Å². The number of hydrogen-bond acceptors (Lipinski definition) is 4. The fourth-order valence-electron chi connectivity index (χ4n) is 3.15. The largest absolute Gasteiger partial charge is 0.298 e. The van der Waals surface area contributed by atoms with Gasteiger partial charge in [-0.05, 0) is 36.8 Å². The van der Waals surface area contributed by atoms with E-state index in [2.05, 4.69) is 26.9 Å². The van der Waals surface area contributed by atoms with E-state index in [1.807, 2.05) is 79.7 Å². The van der Waals surface area contributed by atoms with E-state index in [1.165, 1.54) is 11.8 Å². The van der Waals surface area contributed by atoms with Gasteiger partial charge in [0.2, 0.25) is 0 Å².